The minimum Gasteiger partial charge on any atom is -0.501 e. The number of halogens is 5. The van der Waals surface area contributed by atoms with Crippen molar-refractivity contribution in [2.75, 3.05) is 18.9 Å². The van der Waals surface area contributed by atoms with Crippen molar-refractivity contribution in [2.24, 2.45) is 5.41 Å². The smallest absolute Gasteiger partial charge is 0.429 e. The second kappa shape index (κ2) is 11.8. The molecule has 5 rings (SSSR count). The molecule has 216 valence electrons. The largest absolute Gasteiger partial charge is 0.501 e. The number of carboxylic acid groups (broad SMARTS) is 1. The van der Waals surface area contributed by atoms with E-state index in [4.69, 9.17) is 26.8 Å². The highest BCUT2D eigenvalue weighted by Gasteiger charge is 2.45. The molecule has 2 aliphatic heterocycles. The average Bonchev–Trinajstić information content (AvgIpc) is 3.31. The molecule has 2 aromatic rings. The summed E-state index contributed by atoms with van der Waals surface area (Å²) in [5.41, 5.74) is 7.71. The Morgan fingerprint density at radius 1 is 1.25 bits per heavy atom. The quantitative estimate of drug-likeness (QED) is 0.371. The molecule has 1 spiro atoms. The lowest BCUT2D eigenvalue weighted by Gasteiger charge is -2.32. The van der Waals surface area contributed by atoms with Crippen molar-refractivity contribution in [1.29, 1.82) is 0 Å². The zero-order valence-electron chi connectivity index (χ0n) is 21.3. The fourth-order valence-corrected chi connectivity index (χ4v) is 5.68. The highest BCUT2D eigenvalue weighted by molar-refractivity contribution is 6.30. The maximum atomic E-state index is 14.4. The summed E-state index contributed by atoms with van der Waals surface area (Å²) < 4.78 is 54.1. The normalized spacial score (nSPS) is 23.4. The first-order valence-electron chi connectivity index (χ1n) is 12.7. The second-order valence-electron chi connectivity index (χ2n) is 10.2. The van der Waals surface area contributed by atoms with Crippen LogP contribution in [0.15, 0.2) is 36.6 Å². The van der Waals surface area contributed by atoms with E-state index in [-0.39, 0.29) is 35.2 Å². The molecule has 3 unspecified atom stereocenters. The lowest BCUT2D eigenvalue weighted by atomic mass is 9.73. The highest BCUT2D eigenvalue weighted by atomic mass is 35.5. The van der Waals surface area contributed by atoms with Crippen molar-refractivity contribution in [2.45, 2.75) is 56.8 Å². The molecule has 1 aliphatic carbocycles. The van der Waals surface area contributed by atoms with Crippen LogP contribution >= 0.6 is 24.0 Å². The van der Waals surface area contributed by atoms with Gasteiger partial charge < -0.3 is 25.6 Å². The zero-order chi connectivity index (χ0) is 27.8. The van der Waals surface area contributed by atoms with E-state index in [1.807, 2.05) is 6.08 Å². The lowest BCUT2D eigenvalue weighted by molar-refractivity contribution is -0.198. The molecule has 3 atom stereocenters. The summed E-state index contributed by atoms with van der Waals surface area (Å²) in [5.74, 6) is -1.38. The summed E-state index contributed by atoms with van der Waals surface area (Å²) in [5, 5.41) is 12.7. The number of aromatic nitrogens is 2. The van der Waals surface area contributed by atoms with E-state index in [9.17, 15) is 23.1 Å². The van der Waals surface area contributed by atoms with Crippen LogP contribution in [-0.2, 0) is 9.53 Å². The molecule has 3 heterocycles. The van der Waals surface area contributed by atoms with E-state index >= 15 is 0 Å². The molecule has 0 radical (unpaired) electrons. The number of allylic oxidation sites excluding steroid dienone is 3. The first kappa shape index (κ1) is 30.0. The molecule has 4 N–H and O–H groups in total. The molecule has 13 heteroatoms. The number of hydrogen-bond acceptors (Lipinski definition) is 7. The Bertz CT molecular complexity index is 1340. The Kier molecular flexibility index (Phi) is 8.86. The molecule has 1 fully saturated rings. The number of carboxylic acids is 1. The first-order valence-corrected chi connectivity index (χ1v) is 13.0. The monoisotopic (exact) mass is 600 g/mol. The number of nitrogens with two attached hydrogens (primary N) is 1. The van der Waals surface area contributed by atoms with Crippen molar-refractivity contribution >= 4 is 47.1 Å². The fraction of sp³-hybridized carbons (Fsp3) is 0.444. The highest BCUT2D eigenvalue weighted by Crippen LogP contribution is 2.45. The summed E-state index contributed by atoms with van der Waals surface area (Å²) in [4.78, 5) is 19.5. The predicted octanol–water partition coefficient (Wildman–Crippen LogP) is 5.97. The molecular formula is C27H29Cl2F3N4O4. The number of carbonyl (C=O) groups is 1. The Labute approximate surface area is 240 Å². The van der Waals surface area contributed by atoms with Gasteiger partial charge in [-0.25, -0.2) is 4.98 Å². The Morgan fingerprint density at radius 2 is 2.05 bits per heavy atom. The van der Waals surface area contributed by atoms with Gasteiger partial charge in [-0.1, -0.05) is 23.7 Å². The molecular weight excluding hydrogens is 572 g/mol. The molecule has 8 nitrogen and oxygen atoms in total. The maximum Gasteiger partial charge on any atom is 0.429 e. The maximum absolute atomic E-state index is 14.4. The molecule has 1 saturated heterocycles. The molecule has 0 bridgehead atoms. The molecule has 3 aliphatic rings. The van der Waals surface area contributed by atoms with E-state index in [0.717, 1.165) is 5.57 Å². The summed E-state index contributed by atoms with van der Waals surface area (Å²) in [6.07, 6.45) is -0.0515. The van der Waals surface area contributed by atoms with E-state index in [1.54, 1.807) is 0 Å². The number of alkyl halides is 3. The standard InChI is InChI=1S/C27H28ClF3N4O4.ClH/c28-17-3-4-18(19(10-17)16-2-1-9-38-13-16)23(27(29,30)31)39-22-11-20(34-25(32)35-22)15-5-7-26(8-6-15)12-21(24(36)37)33-14-26;/h3-5,10-11,13,21,23,33H,1-2,6-9,12,14H2,(H,36,37)(H2,32,34,35);1H. The van der Waals surface area contributed by atoms with Crippen molar-refractivity contribution in [1.82, 2.24) is 15.3 Å². The molecule has 0 saturated carbocycles. The van der Waals surface area contributed by atoms with E-state index < -0.39 is 24.3 Å². The SMILES string of the molecule is Cl.Nc1nc(OC(c2ccc(Cl)cc2C2=COCCC2)C(F)(F)F)cc(C2=CCC3(CC2)CNC(C(=O)O)C3)n1. The molecule has 1 aromatic carbocycles. The van der Waals surface area contributed by atoms with Gasteiger partial charge in [0.25, 0.3) is 0 Å². The van der Waals surface area contributed by atoms with Gasteiger partial charge in [-0.3, -0.25) is 4.79 Å². The van der Waals surface area contributed by atoms with Crippen LogP contribution in [0.4, 0.5) is 19.1 Å². The van der Waals surface area contributed by atoms with Crippen LogP contribution in [0.5, 0.6) is 5.88 Å². The van der Waals surface area contributed by atoms with E-state index in [2.05, 4.69) is 15.3 Å². The first-order chi connectivity index (χ1) is 18.5. The van der Waals surface area contributed by atoms with Crippen molar-refractivity contribution in [3.63, 3.8) is 0 Å². The summed E-state index contributed by atoms with van der Waals surface area (Å²) in [6.45, 7) is 1.08. The van der Waals surface area contributed by atoms with Crippen LogP contribution in [0.3, 0.4) is 0 Å². The van der Waals surface area contributed by atoms with Gasteiger partial charge in [-0.15, -0.1) is 12.4 Å². The number of nitrogen functional groups attached to an aromatic ring is 1. The van der Waals surface area contributed by atoms with Crippen LogP contribution in [0.25, 0.3) is 11.1 Å². The van der Waals surface area contributed by atoms with Gasteiger partial charge >= 0.3 is 12.1 Å². The number of aliphatic carboxylic acids is 1. The number of anilines is 1. The minimum atomic E-state index is -4.77. The van der Waals surface area contributed by atoms with Crippen molar-refractivity contribution < 1.29 is 32.5 Å². The lowest BCUT2D eigenvalue weighted by Crippen LogP contribution is -2.30. The van der Waals surface area contributed by atoms with E-state index in [0.29, 0.717) is 73.5 Å². The number of benzene rings is 1. The van der Waals surface area contributed by atoms with Crippen molar-refractivity contribution in [3.05, 3.63) is 58.4 Å². The average molecular weight is 601 g/mol. The van der Waals surface area contributed by atoms with Gasteiger partial charge in [-0.2, -0.15) is 18.2 Å². The van der Waals surface area contributed by atoms with Gasteiger partial charge in [0.1, 0.15) is 6.04 Å². The number of nitrogens with zero attached hydrogens (tertiary/aromatic N) is 2. The number of nitrogens with one attached hydrogen (secondary N) is 1. The summed E-state index contributed by atoms with van der Waals surface area (Å²) in [6, 6.07) is 4.96. The third-order valence-electron chi connectivity index (χ3n) is 7.53. The number of ether oxygens (including phenoxy) is 2. The third kappa shape index (κ3) is 6.47. The van der Waals surface area contributed by atoms with Crippen LogP contribution in [0.1, 0.15) is 61.4 Å². The predicted molar refractivity (Wildman–Crippen MR) is 146 cm³/mol. The molecule has 0 amide bonds. The Balaban J connectivity index is 0.00000370. The van der Waals surface area contributed by atoms with Gasteiger partial charge in [0, 0.05) is 23.2 Å². The molecule has 40 heavy (non-hydrogen) atoms. The fourth-order valence-electron chi connectivity index (χ4n) is 5.51. The Hall–Kier alpha value is -3.02. The van der Waals surface area contributed by atoms with Gasteiger partial charge in [0.05, 0.1) is 18.6 Å². The zero-order valence-corrected chi connectivity index (χ0v) is 22.9. The van der Waals surface area contributed by atoms with Gasteiger partial charge in [0.15, 0.2) is 0 Å². The minimum absolute atomic E-state index is 0. The molecule has 1 aromatic heterocycles. The van der Waals surface area contributed by atoms with E-state index in [1.165, 1.54) is 30.5 Å². The number of hydrogen-bond donors (Lipinski definition) is 3. The Morgan fingerprint density at radius 3 is 2.67 bits per heavy atom. The third-order valence-corrected chi connectivity index (χ3v) is 7.76. The topological polar surface area (TPSA) is 120 Å². The van der Waals surface area contributed by atoms with Crippen LogP contribution < -0.4 is 15.8 Å². The number of rotatable bonds is 6. The van der Waals surface area contributed by atoms with Gasteiger partial charge in [-0.05, 0) is 72.8 Å². The van der Waals surface area contributed by atoms with Crippen molar-refractivity contribution in [3.8, 4) is 5.88 Å². The second-order valence-corrected chi connectivity index (χ2v) is 10.7. The van der Waals surface area contributed by atoms with Crippen LogP contribution in [-0.4, -0.2) is 46.4 Å². The van der Waals surface area contributed by atoms with Gasteiger partial charge in [0.2, 0.25) is 17.9 Å². The summed E-state index contributed by atoms with van der Waals surface area (Å²) >= 11 is 6.14. The summed E-state index contributed by atoms with van der Waals surface area (Å²) in [7, 11) is 0. The van der Waals surface area contributed by atoms with Crippen LogP contribution in [0, 0.1) is 5.41 Å². The van der Waals surface area contributed by atoms with Crippen LogP contribution in [0.2, 0.25) is 5.02 Å².